The number of methoxy groups -OCH3 is 1. The summed E-state index contributed by atoms with van der Waals surface area (Å²) in [5.41, 5.74) is 1.23. The van der Waals surface area contributed by atoms with Crippen molar-refractivity contribution in [3.63, 3.8) is 0 Å². The number of rotatable bonds is 2. The summed E-state index contributed by atoms with van der Waals surface area (Å²) < 4.78 is 16.0. The fourth-order valence-electron chi connectivity index (χ4n) is 5.92. The molecular formula is C21H26O5. The molecule has 2 heterocycles. The van der Waals surface area contributed by atoms with Gasteiger partial charge in [0, 0.05) is 16.6 Å². The van der Waals surface area contributed by atoms with Gasteiger partial charge in [0.2, 0.25) is 0 Å². The number of fused-ring (bicyclic) bond motifs is 3. The average Bonchev–Trinajstić information content (AvgIpc) is 3.14. The molecule has 5 heteroatoms. The van der Waals surface area contributed by atoms with E-state index in [1.165, 1.54) is 7.11 Å². The van der Waals surface area contributed by atoms with Crippen LogP contribution in [0.3, 0.4) is 0 Å². The Kier molecular flexibility index (Phi) is 4.01. The molecule has 3 aliphatic rings. The fourth-order valence-corrected chi connectivity index (χ4v) is 5.92. The zero-order valence-corrected chi connectivity index (χ0v) is 15.6. The van der Waals surface area contributed by atoms with Gasteiger partial charge in [-0.3, -0.25) is 4.79 Å². The van der Waals surface area contributed by atoms with Crippen molar-refractivity contribution in [2.45, 2.75) is 52.1 Å². The number of hydrogen-bond acceptors (Lipinski definition) is 5. The van der Waals surface area contributed by atoms with E-state index in [-0.39, 0.29) is 40.7 Å². The predicted molar refractivity (Wildman–Crippen MR) is 93.9 cm³/mol. The second-order valence-electron chi connectivity index (χ2n) is 8.44. The second-order valence-corrected chi connectivity index (χ2v) is 8.44. The highest BCUT2D eigenvalue weighted by Crippen LogP contribution is 2.64. The van der Waals surface area contributed by atoms with Crippen LogP contribution in [0.25, 0.3) is 0 Å². The maximum absolute atomic E-state index is 12.8. The van der Waals surface area contributed by atoms with Crippen molar-refractivity contribution < 1.29 is 23.5 Å². The number of esters is 2. The number of allylic oxidation sites excluding steroid dienone is 1. The van der Waals surface area contributed by atoms with E-state index in [1.54, 1.807) is 12.5 Å². The number of hydrogen-bond donors (Lipinski definition) is 0. The van der Waals surface area contributed by atoms with Crippen molar-refractivity contribution >= 4 is 11.9 Å². The van der Waals surface area contributed by atoms with Gasteiger partial charge in [-0.2, -0.15) is 0 Å². The molecule has 0 amide bonds. The Labute approximate surface area is 153 Å². The summed E-state index contributed by atoms with van der Waals surface area (Å²) >= 11 is 0. The van der Waals surface area contributed by atoms with E-state index in [1.807, 2.05) is 12.1 Å². The molecular weight excluding hydrogens is 332 g/mol. The Morgan fingerprint density at radius 1 is 1.31 bits per heavy atom. The molecule has 0 bridgehead atoms. The summed E-state index contributed by atoms with van der Waals surface area (Å²) in [7, 11) is 1.44. The molecule has 1 aromatic heterocycles. The predicted octanol–water partition coefficient (Wildman–Crippen LogP) is 4.20. The van der Waals surface area contributed by atoms with Crippen molar-refractivity contribution in [3.8, 4) is 0 Å². The van der Waals surface area contributed by atoms with Crippen LogP contribution >= 0.6 is 0 Å². The first-order valence-corrected chi connectivity index (χ1v) is 9.41. The largest absolute Gasteiger partial charge is 0.472 e. The van der Waals surface area contributed by atoms with Crippen LogP contribution in [0, 0.1) is 22.7 Å². The summed E-state index contributed by atoms with van der Waals surface area (Å²) in [6.07, 6.45) is 9.17. The zero-order valence-electron chi connectivity index (χ0n) is 15.6. The molecule has 1 aromatic rings. The molecule has 1 unspecified atom stereocenters. The number of ether oxygens (including phenoxy) is 2. The fraction of sp³-hybridized carbons (Fsp3) is 0.619. The van der Waals surface area contributed by atoms with Gasteiger partial charge in [-0.1, -0.05) is 19.9 Å². The molecule has 0 radical (unpaired) electrons. The van der Waals surface area contributed by atoms with Gasteiger partial charge in [-0.15, -0.1) is 0 Å². The van der Waals surface area contributed by atoms with Crippen LogP contribution in [0.2, 0.25) is 0 Å². The molecule has 5 atom stereocenters. The standard InChI is InChI=1S/C21H26O5/c1-20-9-7-15-19(23)26-16(13-8-10-25-12-13)11-21(15,2)17(20)6-4-5-14(20)18(22)24-3/h5,8,10,12,15-17H,4,6-7,9,11H2,1-3H3/t15?,16-,17+,20-,21+/m0/s1. The smallest absolute Gasteiger partial charge is 0.333 e. The molecule has 2 fully saturated rings. The van der Waals surface area contributed by atoms with Crippen molar-refractivity contribution in [1.82, 2.24) is 0 Å². The van der Waals surface area contributed by atoms with Gasteiger partial charge in [0.05, 0.1) is 25.6 Å². The van der Waals surface area contributed by atoms with Crippen LogP contribution in [-0.4, -0.2) is 19.0 Å². The third kappa shape index (κ3) is 2.36. The van der Waals surface area contributed by atoms with Crippen LogP contribution in [0.4, 0.5) is 0 Å². The topological polar surface area (TPSA) is 65.7 Å². The van der Waals surface area contributed by atoms with Crippen LogP contribution in [-0.2, 0) is 19.1 Å². The molecule has 0 spiro atoms. The highest BCUT2D eigenvalue weighted by atomic mass is 16.5. The zero-order chi connectivity index (χ0) is 18.5. The van der Waals surface area contributed by atoms with E-state index in [9.17, 15) is 9.59 Å². The Morgan fingerprint density at radius 3 is 2.81 bits per heavy atom. The van der Waals surface area contributed by atoms with Gasteiger partial charge in [-0.05, 0) is 49.5 Å². The summed E-state index contributed by atoms with van der Waals surface area (Å²) in [5, 5.41) is 0. The quantitative estimate of drug-likeness (QED) is 0.741. The normalized spacial score (nSPS) is 39.3. The van der Waals surface area contributed by atoms with Crippen LogP contribution in [0.1, 0.15) is 57.6 Å². The minimum absolute atomic E-state index is 0.110. The Balaban J connectivity index is 1.73. The number of furan rings is 1. The van der Waals surface area contributed by atoms with Crippen molar-refractivity contribution in [1.29, 1.82) is 0 Å². The molecule has 0 N–H and O–H groups in total. The number of carbonyl (C=O) groups is 2. The Bertz CT molecular complexity index is 748. The molecule has 2 aliphatic carbocycles. The number of carbonyl (C=O) groups excluding carboxylic acids is 2. The third-order valence-corrected chi connectivity index (χ3v) is 7.22. The monoisotopic (exact) mass is 358 g/mol. The summed E-state index contributed by atoms with van der Waals surface area (Å²) in [5.74, 6) is -0.207. The lowest BCUT2D eigenvalue weighted by molar-refractivity contribution is -0.191. The summed E-state index contributed by atoms with van der Waals surface area (Å²) in [6.45, 7) is 4.39. The van der Waals surface area contributed by atoms with E-state index in [0.29, 0.717) is 0 Å². The Hall–Kier alpha value is -2.04. The van der Waals surface area contributed by atoms with E-state index in [0.717, 1.165) is 43.2 Å². The summed E-state index contributed by atoms with van der Waals surface area (Å²) in [4.78, 5) is 25.2. The van der Waals surface area contributed by atoms with E-state index in [2.05, 4.69) is 13.8 Å². The number of cyclic esters (lactones) is 1. The summed E-state index contributed by atoms with van der Waals surface area (Å²) in [6, 6.07) is 1.87. The van der Waals surface area contributed by atoms with Crippen molar-refractivity contribution in [2.24, 2.45) is 22.7 Å². The minimum atomic E-state index is -0.280. The van der Waals surface area contributed by atoms with E-state index < -0.39 is 0 Å². The van der Waals surface area contributed by atoms with Crippen LogP contribution in [0.5, 0.6) is 0 Å². The van der Waals surface area contributed by atoms with E-state index in [4.69, 9.17) is 13.9 Å². The molecule has 4 rings (SSSR count). The molecule has 140 valence electrons. The average molecular weight is 358 g/mol. The molecule has 0 aromatic carbocycles. The maximum Gasteiger partial charge on any atom is 0.333 e. The van der Waals surface area contributed by atoms with E-state index >= 15 is 0 Å². The Morgan fingerprint density at radius 2 is 2.12 bits per heavy atom. The lowest BCUT2D eigenvalue weighted by Gasteiger charge is -2.59. The van der Waals surface area contributed by atoms with Gasteiger partial charge in [0.1, 0.15) is 6.10 Å². The lowest BCUT2D eigenvalue weighted by atomic mass is 9.45. The molecule has 1 saturated heterocycles. The highest BCUT2D eigenvalue weighted by molar-refractivity contribution is 5.90. The van der Waals surface area contributed by atoms with Gasteiger partial charge in [-0.25, -0.2) is 4.79 Å². The lowest BCUT2D eigenvalue weighted by Crippen LogP contribution is -2.56. The van der Waals surface area contributed by atoms with Crippen LogP contribution < -0.4 is 0 Å². The molecule has 26 heavy (non-hydrogen) atoms. The van der Waals surface area contributed by atoms with Gasteiger partial charge in [0.15, 0.2) is 0 Å². The van der Waals surface area contributed by atoms with Gasteiger partial charge in [0.25, 0.3) is 0 Å². The highest BCUT2D eigenvalue weighted by Gasteiger charge is 2.61. The van der Waals surface area contributed by atoms with Crippen LogP contribution in [0.15, 0.2) is 34.7 Å². The van der Waals surface area contributed by atoms with Gasteiger partial charge >= 0.3 is 11.9 Å². The molecule has 5 nitrogen and oxygen atoms in total. The molecule has 1 saturated carbocycles. The molecule has 1 aliphatic heterocycles. The SMILES string of the molecule is COC(=O)C1=CCC[C@@H]2[C@@]1(C)CCC1C(=O)O[C@H](c3ccoc3)C[C@]12C. The third-order valence-electron chi connectivity index (χ3n) is 7.22. The van der Waals surface area contributed by atoms with Crippen molar-refractivity contribution in [3.05, 3.63) is 35.8 Å². The van der Waals surface area contributed by atoms with Crippen molar-refractivity contribution in [2.75, 3.05) is 7.11 Å². The second kappa shape index (κ2) is 6.00. The maximum atomic E-state index is 12.8. The first kappa shape index (κ1) is 17.4. The first-order chi connectivity index (χ1) is 12.4. The van der Waals surface area contributed by atoms with Gasteiger partial charge < -0.3 is 13.9 Å². The minimum Gasteiger partial charge on any atom is -0.472 e. The first-order valence-electron chi connectivity index (χ1n) is 9.41.